The van der Waals surface area contributed by atoms with Crippen molar-refractivity contribution in [2.45, 2.75) is 12.7 Å². The second kappa shape index (κ2) is 4.59. The van der Waals surface area contributed by atoms with Gasteiger partial charge in [-0.25, -0.2) is 15.0 Å². The molecular formula is C13H9F3N4. The molecule has 0 N–H and O–H groups in total. The Hall–Kier alpha value is -2.44. The Morgan fingerprint density at radius 1 is 1.05 bits per heavy atom. The molecule has 20 heavy (non-hydrogen) atoms. The monoisotopic (exact) mass is 278 g/mol. The molecule has 0 aliphatic rings. The van der Waals surface area contributed by atoms with Crippen LogP contribution < -0.4 is 0 Å². The van der Waals surface area contributed by atoms with Crippen LogP contribution in [0, 0.1) is 0 Å². The number of nitrogens with zero attached hydrogens (tertiary/aromatic N) is 4. The average Bonchev–Trinajstić information content (AvgIpc) is 2.82. The largest absolute Gasteiger partial charge is 0.416 e. The van der Waals surface area contributed by atoms with Crippen molar-refractivity contribution in [3.05, 3.63) is 54.2 Å². The van der Waals surface area contributed by atoms with E-state index < -0.39 is 11.7 Å². The number of rotatable bonds is 2. The molecule has 2 aromatic heterocycles. The summed E-state index contributed by atoms with van der Waals surface area (Å²) in [6.07, 6.45) is 0.281. The van der Waals surface area contributed by atoms with E-state index in [9.17, 15) is 13.2 Å². The fourth-order valence-electron chi connectivity index (χ4n) is 1.93. The number of hydrogen-bond acceptors (Lipinski definition) is 3. The molecule has 0 saturated carbocycles. The third kappa shape index (κ3) is 2.34. The summed E-state index contributed by atoms with van der Waals surface area (Å²) in [6, 6.07) is 5.05. The fraction of sp³-hybridized carbons (Fsp3) is 0.154. The van der Waals surface area contributed by atoms with Gasteiger partial charge in [0.1, 0.15) is 11.8 Å². The molecule has 0 spiro atoms. The van der Waals surface area contributed by atoms with Crippen molar-refractivity contribution < 1.29 is 13.2 Å². The molecular weight excluding hydrogens is 269 g/mol. The lowest BCUT2D eigenvalue weighted by molar-refractivity contribution is -0.137. The second-order valence-corrected chi connectivity index (χ2v) is 4.30. The molecule has 0 aliphatic carbocycles. The number of imidazole rings is 1. The zero-order valence-corrected chi connectivity index (χ0v) is 10.2. The summed E-state index contributed by atoms with van der Waals surface area (Å²) in [5, 5.41) is 0. The molecule has 4 nitrogen and oxygen atoms in total. The summed E-state index contributed by atoms with van der Waals surface area (Å²) in [5.74, 6) is 0. The smallest absolute Gasteiger partial charge is 0.311 e. The van der Waals surface area contributed by atoms with Gasteiger partial charge in [-0.15, -0.1) is 0 Å². The zero-order valence-electron chi connectivity index (χ0n) is 10.2. The van der Waals surface area contributed by atoms with Crippen molar-refractivity contribution in [1.82, 2.24) is 19.5 Å². The van der Waals surface area contributed by atoms with E-state index in [1.807, 2.05) is 0 Å². The van der Waals surface area contributed by atoms with Crippen molar-refractivity contribution in [3.63, 3.8) is 0 Å². The van der Waals surface area contributed by atoms with E-state index in [4.69, 9.17) is 0 Å². The maximum atomic E-state index is 12.5. The molecule has 0 atom stereocenters. The minimum absolute atomic E-state index is 0.408. The third-order valence-electron chi connectivity index (χ3n) is 2.92. The Kier molecular flexibility index (Phi) is 2.89. The van der Waals surface area contributed by atoms with Crippen molar-refractivity contribution in [2.24, 2.45) is 0 Å². The standard InChI is InChI=1S/C13H9F3N4/c14-13(15,16)10-3-1-9(2-4-10)6-20-8-19-11-5-17-7-18-12(11)20/h1-5,7-8H,6H2. The van der Waals surface area contributed by atoms with Gasteiger partial charge >= 0.3 is 6.18 Å². The lowest BCUT2D eigenvalue weighted by atomic mass is 10.1. The lowest BCUT2D eigenvalue weighted by Gasteiger charge is -2.08. The van der Waals surface area contributed by atoms with Gasteiger partial charge in [-0.3, -0.25) is 0 Å². The minimum atomic E-state index is -4.31. The minimum Gasteiger partial charge on any atom is -0.311 e. The number of fused-ring (bicyclic) bond motifs is 1. The van der Waals surface area contributed by atoms with Gasteiger partial charge in [0.15, 0.2) is 5.65 Å². The maximum Gasteiger partial charge on any atom is 0.416 e. The van der Waals surface area contributed by atoms with Gasteiger partial charge in [0.25, 0.3) is 0 Å². The Bertz CT molecular complexity index is 731. The Morgan fingerprint density at radius 2 is 1.80 bits per heavy atom. The SMILES string of the molecule is FC(F)(F)c1ccc(Cn2cnc3cncnc32)cc1. The average molecular weight is 278 g/mol. The molecule has 0 fully saturated rings. The molecule has 0 aliphatic heterocycles. The van der Waals surface area contributed by atoms with Gasteiger partial charge in [-0.05, 0) is 17.7 Å². The predicted molar refractivity (Wildman–Crippen MR) is 65.9 cm³/mol. The van der Waals surface area contributed by atoms with Crippen LogP contribution in [0.4, 0.5) is 13.2 Å². The van der Waals surface area contributed by atoms with Gasteiger partial charge in [0.05, 0.1) is 24.6 Å². The van der Waals surface area contributed by atoms with E-state index in [0.717, 1.165) is 17.7 Å². The van der Waals surface area contributed by atoms with E-state index in [1.165, 1.54) is 18.5 Å². The highest BCUT2D eigenvalue weighted by Gasteiger charge is 2.29. The van der Waals surface area contributed by atoms with Crippen molar-refractivity contribution in [1.29, 1.82) is 0 Å². The van der Waals surface area contributed by atoms with Crippen LogP contribution in [0.1, 0.15) is 11.1 Å². The number of alkyl halides is 3. The van der Waals surface area contributed by atoms with E-state index in [2.05, 4.69) is 15.0 Å². The van der Waals surface area contributed by atoms with Gasteiger partial charge in [0, 0.05) is 0 Å². The Balaban J connectivity index is 1.88. The van der Waals surface area contributed by atoms with E-state index in [0.29, 0.717) is 17.7 Å². The van der Waals surface area contributed by atoms with Crippen LogP contribution in [-0.2, 0) is 12.7 Å². The summed E-state index contributed by atoms with van der Waals surface area (Å²) >= 11 is 0. The highest BCUT2D eigenvalue weighted by molar-refractivity contribution is 5.68. The lowest BCUT2D eigenvalue weighted by Crippen LogP contribution is -2.05. The van der Waals surface area contributed by atoms with Gasteiger partial charge in [-0.2, -0.15) is 13.2 Å². The summed E-state index contributed by atoms with van der Waals surface area (Å²) < 4.78 is 39.2. The van der Waals surface area contributed by atoms with Crippen molar-refractivity contribution >= 4 is 11.2 Å². The molecule has 7 heteroatoms. The Labute approximate surface area is 111 Å². The molecule has 0 unspecified atom stereocenters. The topological polar surface area (TPSA) is 43.6 Å². The zero-order chi connectivity index (χ0) is 14.2. The summed E-state index contributed by atoms with van der Waals surface area (Å²) in [4.78, 5) is 12.1. The highest BCUT2D eigenvalue weighted by atomic mass is 19.4. The Morgan fingerprint density at radius 3 is 2.50 bits per heavy atom. The molecule has 3 aromatic rings. The van der Waals surface area contributed by atoms with Crippen LogP contribution in [0.25, 0.3) is 11.2 Å². The van der Waals surface area contributed by atoms with Crippen LogP contribution in [0.3, 0.4) is 0 Å². The molecule has 0 saturated heterocycles. The van der Waals surface area contributed by atoms with Crippen molar-refractivity contribution in [2.75, 3.05) is 0 Å². The maximum absolute atomic E-state index is 12.5. The molecule has 0 radical (unpaired) electrons. The van der Waals surface area contributed by atoms with Gasteiger partial charge < -0.3 is 4.57 Å². The van der Waals surface area contributed by atoms with Crippen LogP contribution in [0.2, 0.25) is 0 Å². The summed E-state index contributed by atoms with van der Waals surface area (Å²) in [6.45, 7) is 0.408. The molecule has 102 valence electrons. The predicted octanol–water partition coefficient (Wildman–Crippen LogP) is 2.89. The molecule has 3 rings (SSSR count). The number of halogens is 3. The molecule has 1 aromatic carbocycles. The quantitative estimate of drug-likeness (QED) is 0.724. The molecule has 2 heterocycles. The first-order chi connectivity index (χ1) is 9.54. The normalized spacial score (nSPS) is 11.9. The van der Waals surface area contributed by atoms with Crippen LogP contribution in [-0.4, -0.2) is 19.5 Å². The number of aromatic nitrogens is 4. The van der Waals surface area contributed by atoms with E-state index >= 15 is 0 Å². The third-order valence-corrected chi connectivity index (χ3v) is 2.92. The number of benzene rings is 1. The number of hydrogen-bond donors (Lipinski definition) is 0. The molecule has 0 amide bonds. The van der Waals surface area contributed by atoms with E-state index in [1.54, 1.807) is 17.1 Å². The van der Waals surface area contributed by atoms with Gasteiger partial charge in [0.2, 0.25) is 0 Å². The summed E-state index contributed by atoms with van der Waals surface area (Å²) in [5.41, 5.74) is 1.40. The first-order valence-electron chi connectivity index (χ1n) is 5.81. The van der Waals surface area contributed by atoms with Crippen LogP contribution >= 0.6 is 0 Å². The summed E-state index contributed by atoms with van der Waals surface area (Å²) in [7, 11) is 0. The second-order valence-electron chi connectivity index (χ2n) is 4.30. The van der Waals surface area contributed by atoms with Crippen LogP contribution in [0.15, 0.2) is 43.1 Å². The first kappa shape index (κ1) is 12.6. The fourth-order valence-corrected chi connectivity index (χ4v) is 1.93. The van der Waals surface area contributed by atoms with Crippen LogP contribution in [0.5, 0.6) is 0 Å². The first-order valence-corrected chi connectivity index (χ1v) is 5.81. The van der Waals surface area contributed by atoms with E-state index in [-0.39, 0.29) is 0 Å². The van der Waals surface area contributed by atoms with Crippen molar-refractivity contribution in [3.8, 4) is 0 Å². The molecule has 0 bridgehead atoms. The van der Waals surface area contributed by atoms with Gasteiger partial charge in [-0.1, -0.05) is 12.1 Å². The highest BCUT2D eigenvalue weighted by Crippen LogP contribution is 2.29.